The Balaban J connectivity index is 1.80. The van der Waals surface area contributed by atoms with Gasteiger partial charge in [0.15, 0.2) is 11.5 Å². The molecule has 0 atom stereocenters. The lowest BCUT2D eigenvalue weighted by atomic mass is 10.1. The van der Waals surface area contributed by atoms with E-state index in [1.807, 2.05) is 42.1 Å². The van der Waals surface area contributed by atoms with E-state index in [2.05, 4.69) is 10.1 Å². The maximum atomic E-state index is 10.8. The van der Waals surface area contributed by atoms with Crippen molar-refractivity contribution in [2.75, 3.05) is 0 Å². The number of carbonyl (C=O) groups is 1. The van der Waals surface area contributed by atoms with Crippen molar-refractivity contribution < 1.29 is 14.4 Å². The summed E-state index contributed by atoms with van der Waals surface area (Å²) < 4.78 is 7.01. The first-order chi connectivity index (χ1) is 10.1. The van der Waals surface area contributed by atoms with Gasteiger partial charge in [-0.2, -0.15) is 0 Å². The fraction of sp³-hybridized carbons (Fsp3) is 0.133. The highest BCUT2D eigenvalue weighted by Gasteiger charge is 2.12. The second-order valence-corrected chi connectivity index (χ2v) is 4.71. The van der Waals surface area contributed by atoms with Gasteiger partial charge in [0, 0.05) is 37.5 Å². The lowest BCUT2D eigenvalue weighted by molar-refractivity contribution is 0.0686. The van der Waals surface area contributed by atoms with Gasteiger partial charge in [-0.15, -0.1) is 0 Å². The van der Waals surface area contributed by atoms with E-state index < -0.39 is 5.97 Å². The Morgan fingerprint density at radius 3 is 2.67 bits per heavy atom. The van der Waals surface area contributed by atoms with Crippen LogP contribution in [0.4, 0.5) is 0 Å². The van der Waals surface area contributed by atoms with Crippen LogP contribution in [0.3, 0.4) is 0 Å². The molecule has 1 N–H and O–H groups in total. The summed E-state index contributed by atoms with van der Waals surface area (Å²) >= 11 is 0. The zero-order valence-corrected chi connectivity index (χ0v) is 11.4. The van der Waals surface area contributed by atoms with E-state index in [4.69, 9.17) is 9.63 Å². The molecule has 6 nitrogen and oxygen atoms in total. The van der Waals surface area contributed by atoms with E-state index >= 15 is 0 Å². The fourth-order valence-electron chi connectivity index (χ4n) is 2.05. The summed E-state index contributed by atoms with van der Waals surface area (Å²) in [5, 5.41) is 12.3. The fourth-order valence-corrected chi connectivity index (χ4v) is 2.05. The van der Waals surface area contributed by atoms with Crippen LogP contribution in [0.1, 0.15) is 21.9 Å². The van der Waals surface area contributed by atoms with Crippen LogP contribution in [0.2, 0.25) is 0 Å². The van der Waals surface area contributed by atoms with Gasteiger partial charge in [0.25, 0.3) is 0 Å². The van der Waals surface area contributed by atoms with Gasteiger partial charge in [0.1, 0.15) is 5.82 Å². The average molecular weight is 283 g/mol. The first-order valence-corrected chi connectivity index (χ1v) is 6.39. The number of hydrogen-bond acceptors (Lipinski definition) is 4. The number of aromatic carboxylic acids is 1. The molecule has 21 heavy (non-hydrogen) atoms. The van der Waals surface area contributed by atoms with Gasteiger partial charge < -0.3 is 14.2 Å². The third-order valence-corrected chi connectivity index (χ3v) is 3.25. The summed E-state index contributed by atoms with van der Waals surface area (Å²) in [5.41, 5.74) is 1.81. The molecule has 6 heteroatoms. The highest BCUT2D eigenvalue weighted by molar-refractivity contribution is 5.86. The van der Waals surface area contributed by atoms with Crippen molar-refractivity contribution in [2.24, 2.45) is 7.05 Å². The van der Waals surface area contributed by atoms with Crippen LogP contribution < -0.4 is 0 Å². The van der Waals surface area contributed by atoms with Gasteiger partial charge in [0.2, 0.25) is 0 Å². The Kier molecular flexibility index (Phi) is 3.27. The molecule has 0 aliphatic heterocycles. The van der Waals surface area contributed by atoms with Gasteiger partial charge in [-0.1, -0.05) is 29.4 Å². The molecular weight excluding hydrogens is 270 g/mol. The Hall–Kier alpha value is -2.89. The summed E-state index contributed by atoms with van der Waals surface area (Å²) in [6.07, 6.45) is 4.41. The maximum Gasteiger partial charge on any atom is 0.358 e. The highest BCUT2D eigenvalue weighted by atomic mass is 16.5. The van der Waals surface area contributed by atoms with E-state index in [-0.39, 0.29) is 5.69 Å². The normalized spacial score (nSPS) is 10.7. The summed E-state index contributed by atoms with van der Waals surface area (Å²) in [5.74, 6) is 0.322. The molecule has 3 aromatic rings. The van der Waals surface area contributed by atoms with Gasteiger partial charge >= 0.3 is 5.97 Å². The molecule has 0 aliphatic rings. The standard InChI is InChI=1S/C15H13N3O3/c1-18-7-6-16-14(18)8-10-2-4-11(5-3-10)13-9-12(15(19)20)17-21-13/h2-7,9H,8H2,1H3,(H,19,20). The van der Waals surface area contributed by atoms with Crippen molar-refractivity contribution >= 4 is 5.97 Å². The Morgan fingerprint density at radius 2 is 2.10 bits per heavy atom. The lowest BCUT2D eigenvalue weighted by Crippen LogP contribution is -1.98. The Labute approximate surface area is 120 Å². The zero-order chi connectivity index (χ0) is 14.8. The van der Waals surface area contributed by atoms with Crippen LogP contribution in [0.5, 0.6) is 0 Å². The van der Waals surface area contributed by atoms with Gasteiger partial charge in [-0.25, -0.2) is 9.78 Å². The highest BCUT2D eigenvalue weighted by Crippen LogP contribution is 2.21. The van der Waals surface area contributed by atoms with Crippen LogP contribution in [-0.4, -0.2) is 25.8 Å². The summed E-state index contributed by atoms with van der Waals surface area (Å²) in [6.45, 7) is 0. The van der Waals surface area contributed by atoms with Crippen molar-refractivity contribution in [3.05, 3.63) is 59.8 Å². The molecule has 0 radical (unpaired) electrons. The number of aromatic nitrogens is 3. The van der Waals surface area contributed by atoms with E-state index in [0.29, 0.717) is 5.76 Å². The third-order valence-electron chi connectivity index (χ3n) is 3.25. The first-order valence-electron chi connectivity index (χ1n) is 6.39. The molecule has 2 heterocycles. The van der Waals surface area contributed by atoms with Crippen molar-refractivity contribution in [1.82, 2.24) is 14.7 Å². The largest absolute Gasteiger partial charge is 0.476 e. The van der Waals surface area contributed by atoms with Crippen LogP contribution in [0.25, 0.3) is 11.3 Å². The molecule has 0 bridgehead atoms. The Bertz CT molecular complexity index is 772. The smallest absolute Gasteiger partial charge is 0.358 e. The van der Waals surface area contributed by atoms with Gasteiger partial charge in [0.05, 0.1) is 0 Å². The zero-order valence-electron chi connectivity index (χ0n) is 11.4. The number of nitrogens with zero attached hydrogens (tertiary/aromatic N) is 3. The molecule has 3 rings (SSSR count). The molecule has 2 aromatic heterocycles. The minimum atomic E-state index is -1.10. The topological polar surface area (TPSA) is 81.2 Å². The summed E-state index contributed by atoms with van der Waals surface area (Å²) in [7, 11) is 1.96. The van der Waals surface area contributed by atoms with E-state index in [1.165, 1.54) is 6.07 Å². The quantitative estimate of drug-likeness (QED) is 0.795. The first kappa shape index (κ1) is 13.1. The van der Waals surface area contributed by atoms with Crippen LogP contribution >= 0.6 is 0 Å². The number of aryl methyl sites for hydroxylation is 1. The molecule has 0 aliphatic carbocycles. The minimum absolute atomic E-state index is 0.0953. The molecule has 0 spiro atoms. The summed E-state index contributed by atoms with van der Waals surface area (Å²) in [6, 6.07) is 9.10. The predicted molar refractivity (Wildman–Crippen MR) is 74.9 cm³/mol. The maximum absolute atomic E-state index is 10.8. The number of benzene rings is 1. The number of carboxylic acid groups (broad SMARTS) is 1. The molecular formula is C15H13N3O3. The molecule has 0 saturated carbocycles. The molecule has 0 fully saturated rings. The molecule has 0 unspecified atom stereocenters. The minimum Gasteiger partial charge on any atom is -0.476 e. The Morgan fingerprint density at radius 1 is 1.33 bits per heavy atom. The van der Waals surface area contributed by atoms with E-state index in [1.54, 1.807) is 6.20 Å². The van der Waals surface area contributed by atoms with E-state index in [9.17, 15) is 4.79 Å². The lowest BCUT2D eigenvalue weighted by Gasteiger charge is -2.03. The molecule has 0 saturated heterocycles. The third kappa shape index (κ3) is 2.69. The molecule has 0 amide bonds. The number of rotatable bonds is 4. The van der Waals surface area contributed by atoms with Crippen molar-refractivity contribution in [2.45, 2.75) is 6.42 Å². The predicted octanol–water partition coefficient (Wildman–Crippen LogP) is 2.36. The second-order valence-electron chi connectivity index (χ2n) is 4.71. The van der Waals surface area contributed by atoms with Crippen LogP contribution in [0, 0.1) is 0 Å². The molecule has 106 valence electrons. The molecule has 1 aromatic carbocycles. The number of carboxylic acids is 1. The monoisotopic (exact) mass is 283 g/mol. The number of hydrogen-bond donors (Lipinski definition) is 1. The number of imidazole rings is 1. The SMILES string of the molecule is Cn1ccnc1Cc1ccc(-c2cc(C(=O)O)no2)cc1. The average Bonchev–Trinajstić information content (AvgIpc) is 3.10. The van der Waals surface area contributed by atoms with Crippen molar-refractivity contribution in [3.8, 4) is 11.3 Å². The summed E-state index contributed by atoms with van der Waals surface area (Å²) in [4.78, 5) is 15.1. The van der Waals surface area contributed by atoms with Crippen molar-refractivity contribution in [1.29, 1.82) is 0 Å². The van der Waals surface area contributed by atoms with E-state index in [0.717, 1.165) is 23.4 Å². The van der Waals surface area contributed by atoms with Gasteiger partial charge in [-0.05, 0) is 5.56 Å². The van der Waals surface area contributed by atoms with Crippen molar-refractivity contribution in [3.63, 3.8) is 0 Å². The second kappa shape index (κ2) is 5.24. The van der Waals surface area contributed by atoms with Crippen LogP contribution in [0.15, 0.2) is 47.2 Å². The van der Waals surface area contributed by atoms with Gasteiger partial charge in [-0.3, -0.25) is 0 Å². The van der Waals surface area contributed by atoms with Crippen LogP contribution in [-0.2, 0) is 13.5 Å².